The van der Waals surface area contributed by atoms with Gasteiger partial charge in [0.1, 0.15) is 0 Å². The zero-order chi connectivity index (χ0) is 23.8. The van der Waals surface area contributed by atoms with E-state index in [1.54, 1.807) is 0 Å². The van der Waals surface area contributed by atoms with Crippen molar-refractivity contribution in [2.75, 3.05) is 0 Å². The van der Waals surface area contributed by atoms with E-state index in [-0.39, 0.29) is 21.2 Å². The van der Waals surface area contributed by atoms with E-state index in [2.05, 4.69) is 20.1 Å². The van der Waals surface area contributed by atoms with E-state index < -0.39 is 20.2 Å². The van der Waals surface area contributed by atoms with Crippen molar-refractivity contribution in [1.29, 1.82) is 0 Å². The van der Waals surface area contributed by atoms with Crippen LogP contribution in [0.15, 0.2) is 56.4 Å². The summed E-state index contributed by atoms with van der Waals surface area (Å²) in [5.74, 6) is 0. The van der Waals surface area contributed by atoms with E-state index in [4.69, 9.17) is 20.2 Å². The Kier molecular flexibility index (Phi) is 8.61. The van der Waals surface area contributed by atoms with Crippen LogP contribution in [0.3, 0.4) is 0 Å². The molecule has 12 nitrogen and oxygen atoms in total. The zero-order valence-corrected chi connectivity index (χ0v) is 18.4. The van der Waals surface area contributed by atoms with Gasteiger partial charge in [0.25, 0.3) is 20.2 Å². The van der Waals surface area contributed by atoms with E-state index in [0.717, 1.165) is 37.8 Å². The molecule has 14 heteroatoms. The Labute approximate surface area is 184 Å². The van der Waals surface area contributed by atoms with Gasteiger partial charge in [0.15, 0.2) is 0 Å². The highest BCUT2D eigenvalue weighted by molar-refractivity contribution is 7.86. The molecular weight excluding hydrogens is 460 g/mol. The van der Waals surface area contributed by atoms with Gasteiger partial charge in [0, 0.05) is 21.2 Å². The maximum Gasteiger partial charge on any atom is 0.294 e. The number of azide groups is 2. The summed E-state index contributed by atoms with van der Waals surface area (Å²) in [5, 5.41) is 6.98. The minimum atomic E-state index is -4.40. The van der Waals surface area contributed by atoms with Gasteiger partial charge < -0.3 is 0 Å². The first-order valence-corrected chi connectivity index (χ1v) is 12.3. The fourth-order valence-corrected chi connectivity index (χ4v) is 4.10. The summed E-state index contributed by atoms with van der Waals surface area (Å²) in [6.45, 7) is 0. The van der Waals surface area contributed by atoms with Gasteiger partial charge in [-0.25, -0.2) is 0 Å². The van der Waals surface area contributed by atoms with E-state index in [0.29, 0.717) is 24.0 Å². The third kappa shape index (κ3) is 7.24. The quantitative estimate of drug-likeness (QED) is 0.141. The lowest BCUT2D eigenvalue weighted by Crippen LogP contribution is -1.99. The molecule has 32 heavy (non-hydrogen) atoms. The molecule has 0 saturated carbocycles. The van der Waals surface area contributed by atoms with Crippen LogP contribution in [0, 0.1) is 0 Å². The Morgan fingerprint density at radius 3 is 1.38 bits per heavy atom. The number of hydrogen-bond donors (Lipinski definition) is 2. The van der Waals surface area contributed by atoms with Crippen molar-refractivity contribution in [1.82, 2.24) is 0 Å². The topological polar surface area (TPSA) is 206 Å². The van der Waals surface area contributed by atoms with Gasteiger partial charge in [0.2, 0.25) is 0 Å². The van der Waals surface area contributed by atoms with Gasteiger partial charge in [-0.2, -0.15) is 16.8 Å². The molecule has 2 aromatic carbocycles. The van der Waals surface area contributed by atoms with E-state index >= 15 is 0 Å². The predicted molar refractivity (Wildman–Crippen MR) is 116 cm³/mol. The molecule has 0 amide bonds. The van der Waals surface area contributed by atoms with Crippen LogP contribution in [0.25, 0.3) is 20.9 Å². The molecule has 0 atom stereocenters. The van der Waals surface area contributed by atoms with Crippen molar-refractivity contribution in [3.8, 4) is 0 Å². The Morgan fingerprint density at radius 1 is 0.688 bits per heavy atom. The van der Waals surface area contributed by atoms with Crippen molar-refractivity contribution in [2.45, 2.75) is 48.3 Å². The lowest BCUT2D eigenvalue weighted by atomic mass is 10.0. The first-order valence-electron chi connectivity index (χ1n) is 9.37. The molecule has 2 aromatic rings. The molecule has 0 aromatic heterocycles. The summed E-state index contributed by atoms with van der Waals surface area (Å²) in [6, 6.07) is 7.73. The molecule has 0 fully saturated rings. The third-order valence-corrected chi connectivity index (χ3v) is 6.36. The van der Waals surface area contributed by atoms with E-state index in [1.165, 1.54) is 24.3 Å². The Balaban J connectivity index is 1.94. The van der Waals surface area contributed by atoms with Crippen LogP contribution in [0.5, 0.6) is 0 Å². The summed E-state index contributed by atoms with van der Waals surface area (Å²) in [7, 11) is -8.80. The molecule has 0 aliphatic heterocycles. The highest BCUT2D eigenvalue weighted by Crippen LogP contribution is 2.27. The van der Waals surface area contributed by atoms with Crippen molar-refractivity contribution in [3.05, 3.63) is 68.4 Å². The standard InChI is InChI=1S/C18H20N6O6S2/c19-23-21-17-11-15(31(25,26)27)9-7-13(17)5-3-1-2-4-6-14-8-10-16(32(28,29)30)12-18(14)22-24-20/h7-12H,1-6H2,(H,25,26,27)(H,28,29,30). The van der Waals surface area contributed by atoms with Crippen LogP contribution in [0.4, 0.5) is 11.4 Å². The maximum atomic E-state index is 11.2. The van der Waals surface area contributed by atoms with Gasteiger partial charge in [-0.05, 0) is 72.1 Å². The monoisotopic (exact) mass is 480 g/mol. The fraction of sp³-hybridized carbons (Fsp3) is 0.333. The first kappa shape index (κ1) is 25.1. The minimum absolute atomic E-state index is 0.139. The second-order valence-electron chi connectivity index (χ2n) is 6.82. The summed E-state index contributed by atoms with van der Waals surface area (Å²) >= 11 is 0. The van der Waals surface area contributed by atoms with Crippen molar-refractivity contribution >= 4 is 31.6 Å². The lowest BCUT2D eigenvalue weighted by Gasteiger charge is -2.08. The van der Waals surface area contributed by atoms with Crippen molar-refractivity contribution in [3.63, 3.8) is 0 Å². The lowest BCUT2D eigenvalue weighted by molar-refractivity contribution is 0.481. The molecule has 0 aliphatic carbocycles. The van der Waals surface area contributed by atoms with Gasteiger partial charge in [-0.1, -0.05) is 35.2 Å². The van der Waals surface area contributed by atoms with E-state index in [1.807, 2.05) is 0 Å². The summed E-state index contributed by atoms with van der Waals surface area (Å²) in [5.41, 5.74) is 18.9. The van der Waals surface area contributed by atoms with Crippen molar-refractivity contribution in [2.24, 2.45) is 10.2 Å². The summed E-state index contributed by atoms with van der Waals surface area (Å²) in [6.07, 6.45) is 4.12. The number of nitrogens with zero attached hydrogens (tertiary/aromatic N) is 6. The number of aryl methyl sites for hydroxylation is 2. The van der Waals surface area contributed by atoms with Gasteiger partial charge >= 0.3 is 0 Å². The van der Waals surface area contributed by atoms with Gasteiger partial charge in [-0.3, -0.25) is 9.11 Å². The van der Waals surface area contributed by atoms with E-state index in [9.17, 15) is 16.8 Å². The van der Waals surface area contributed by atoms with Crippen LogP contribution in [0.2, 0.25) is 0 Å². The Morgan fingerprint density at radius 2 is 1.06 bits per heavy atom. The van der Waals surface area contributed by atoms with Crippen molar-refractivity contribution < 1.29 is 25.9 Å². The SMILES string of the molecule is [N-]=[N+]=Nc1cc(S(=O)(=O)O)ccc1CCCCCCc1ccc(S(=O)(=O)O)cc1N=[N+]=[N-]. The molecule has 0 bridgehead atoms. The molecule has 0 radical (unpaired) electrons. The van der Waals surface area contributed by atoms with Crippen LogP contribution in [-0.4, -0.2) is 25.9 Å². The van der Waals surface area contributed by atoms with Crippen LogP contribution in [-0.2, 0) is 33.1 Å². The number of benzene rings is 2. The second-order valence-corrected chi connectivity index (χ2v) is 9.67. The first-order chi connectivity index (χ1) is 15.1. The second kappa shape index (κ2) is 11.0. The van der Waals surface area contributed by atoms with Crippen LogP contribution in [0.1, 0.15) is 36.8 Å². The molecule has 0 spiro atoms. The van der Waals surface area contributed by atoms with Gasteiger partial charge in [0.05, 0.1) is 9.79 Å². The maximum absolute atomic E-state index is 11.2. The fourth-order valence-electron chi connectivity index (χ4n) is 3.10. The molecular formula is C18H20N6O6S2. The Bertz CT molecular complexity index is 1200. The van der Waals surface area contributed by atoms with Crippen LogP contribution < -0.4 is 0 Å². The number of unbranched alkanes of at least 4 members (excludes halogenated alkanes) is 3. The summed E-state index contributed by atoms with van der Waals surface area (Å²) < 4.78 is 63.2. The summed E-state index contributed by atoms with van der Waals surface area (Å²) in [4.78, 5) is 4.68. The third-order valence-electron chi connectivity index (χ3n) is 4.66. The molecule has 2 rings (SSSR count). The zero-order valence-electron chi connectivity index (χ0n) is 16.7. The number of rotatable bonds is 11. The molecule has 0 aliphatic rings. The van der Waals surface area contributed by atoms with Gasteiger partial charge in [-0.15, -0.1) is 0 Å². The molecule has 0 unspecified atom stereocenters. The molecule has 170 valence electrons. The highest BCUT2D eigenvalue weighted by atomic mass is 32.2. The highest BCUT2D eigenvalue weighted by Gasteiger charge is 2.13. The largest absolute Gasteiger partial charge is 0.294 e. The van der Waals surface area contributed by atoms with Crippen LogP contribution >= 0.6 is 0 Å². The smallest absolute Gasteiger partial charge is 0.282 e. The number of hydrogen-bond acceptors (Lipinski definition) is 6. The Hall–Kier alpha value is -3.12. The average molecular weight is 481 g/mol. The minimum Gasteiger partial charge on any atom is -0.282 e. The molecule has 0 heterocycles. The predicted octanol–water partition coefficient (Wildman–Crippen LogP) is 5.41. The molecule has 0 saturated heterocycles. The normalized spacial score (nSPS) is 11.4. The average Bonchev–Trinajstić information content (AvgIpc) is 2.71. The molecule has 2 N–H and O–H groups in total.